The molecule has 3 rings (SSSR count). The highest BCUT2D eigenvalue weighted by Gasteiger charge is 2.15. The van der Waals surface area contributed by atoms with E-state index < -0.39 is 0 Å². The van der Waals surface area contributed by atoms with E-state index in [4.69, 9.17) is 4.74 Å². The van der Waals surface area contributed by atoms with Crippen LogP contribution in [0.4, 0.5) is 5.95 Å². The molecule has 1 aliphatic heterocycles. The molecule has 1 aliphatic rings. The Morgan fingerprint density at radius 1 is 1.25 bits per heavy atom. The van der Waals surface area contributed by atoms with Crippen LogP contribution in [-0.4, -0.2) is 34.2 Å². The van der Waals surface area contributed by atoms with Crippen LogP contribution < -0.4 is 5.32 Å². The van der Waals surface area contributed by atoms with Crippen molar-refractivity contribution in [2.24, 2.45) is 0 Å². The van der Waals surface area contributed by atoms with Crippen molar-refractivity contribution in [3.05, 3.63) is 36.3 Å². The standard InChI is InChI=1S/C15H18N4O/c1-11-9-17-15(18-13-4-7-20-8-5-13)19-14(11)12-3-2-6-16-10-12/h2-3,6,9-10,13H,4-5,7-8H2,1H3,(H,17,18,19). The summed E-state index contributed by atoms with van der Waals surface area (Å²) in [5, 5.41) is 3.40. The molecule has 2 aromatic rings. The van der Waals surface area contributed by atoms with Gasteiger partial charge in [-0.1, -0.05) is 0 Å². The van der Waals surface area contributed by atoms with E-state index in [0.717, 1.165) is 42.9 Å². The molecule has 20 heavy (non-hydrogen) atoms. The van der Waals surface area contributed by atoms with Crippen LogP contribution >= 0.6 is 0 Å². The van der Waals surface area contributed by atoms with E-state index in [-0.39, 0.29) is 0 Å². The number of nitrogens with zero attached hydrogens (tertiary/aromatic N) is 3. The maximum atomic E-state index is 5.36. The van der Waals surface area contributed by atoms with Crippen molar-refractivity contribution in [2.45, 2.75) is 25.8 Å². The largest absolute Gasteiger partial charge is 0.381 e. The predicted octanol–water partition coefficient (Wildman–Crippen LogP) is 2.44. The van der Waals surface area contributed by atoms with Crippen LogP contribution in [-0.2, 0) is 4.74 Å². The molecule has 0 bridgehead atoms. The van der Waals surface area contributed by atoms with Gasteiger partial charge in [0.1, 0.15) is 0 Å². The quantitative estimate of drug-likeness (QED) is 0.928. The van der Waals surface area contributed by atoms with Crippen molar-refractivity contribution >= 4 is 5.95 Å². The van der Waals surface area contributed by atoms with Crippen LogP contribution in [0.25, 0.3) is 11.3 Å². The van der Waals surface area contributed by atoms with Crippen LogP contribution in [0.15, 0.2) is 30.7 Å². The Morgan fingerprint density at radius 3 is 2.85 bits per heavy atom. The third kappa shape index (κ3) is 2.93. The SMILES string of the molecule is Cc1cnc(NC2CCOCC2)nc1-c1cccnc1. The highest BCUT2D eigenvalue weighted by molar-refractivity contribution is 5.62. The molecule has 5 heteroatoms. The van der Waals surface area contributed by atoms with Gasteiger partial charge in [-0.15, -0.1) is 0 Å². The molecule has 0 aliphatic carbocycles. The molecule has 2 aromatic heterocycles. The fraction of sp³-hybridized carbons (Fsp3) is 0.400. The zero-order valence-corrected chi connectivity index (χ0v) is 11.5. The summed E-state index contributed by atoms with van der Waals surface area (Å²) in [6, 6.07) is 4.33. The van der Waals surface area contributed by atoms with Gasteiger partial charge in [0.2, 0.25) is 5.95 Å². The Bertz CT molecular complexity index is 567. The predicted molar refractivity (Wildman–Crippen MR) is 77.5 cm³/mol. The Morgan fingerprint density at radius 2 is 2.10 bits per heavy atom. The maximum absolute atomic E-state index is 5.36. The van der Waals surface area contributed by atoms with Crippen LogP contribution in [0.1, 0.15) is 18.4 Å². The zero-order chi connectivity index (χ0) is 13.8. The van der Waals surface area contributed by atoms with E-state index in [1.807, 2.05) is 31.5 Å². The third-order valence-electron chi connectivity index (χ3n) is 3.46. The monoisotopic (exact) mass is 270 g/mol. The van der Waals surface area contributed by atoms with E-state index in [9.17, 15) is 0 Å². The van der Waals surface area contributed by atoms with E-state index in [1.165, 1.54) is 0 Å². The minimum absolute atomic E-state index is 0.396. The van der Waals surface area contributed by atoms with Crippen LogP contribution in [0, 0.1) is 6.92 Å². The average molecular weight is 270 g/mol. The molecule has 0 radical (unpaired) electrons. The van der Waals surface area contributed by atoms with Gasteiger partial charge < -0.3 is 10.1 Å². The van der Waals surface area contributed by atoms with Crippen molar-refractivity contribution in [3.63, 3.8) is 0 Å². The summed E-state index contributed by atoms with van der Waals surface area (Å²) in [5.74, 6) is 0.682. The summed E-state index contributed by atoms with van der Waals surface area (Å²) in [6.07, 6.45) is 7.45. The van der Waals surface area contributed by atoms with Crippen LogP contribution in [0.5, 0.6) is 0 Å². The summed E-state index contributed by atoms with van der Waals surface area (Å²) in [4.78, 5) is 13.2. The summed E-state index contributed by atoms with van der Waals surface area (Å²) >= 11 is 0. The van der Waals surface area contributed by atoms with E-state index in [2.05, 4.69) is 20.3 Å². The lowest BCUT2D eigenvalue weighted by Gasteiger charge is -2.23. The molecule has 0 atom stereocenters. The van der Waals surface area contributed by atoms with Gasteiger partial charge in [-0.2, -0.15) is 0 Å². The molecule has 0 spiro atoms. The fourth-order valence-corrected chi connectivity index (χ4v) is 2.33. The second kappa shape index (κ2) is 5.96. The van der Waals surface area contributed by atoms with E-state index in [0.29, 0.717) is 12.0 Å². The van der Waals surface area contributed by atoms with Gasteiger partial charge in [0, 0.05) is 43.4 Å². The molecule has 0 unspecified atom stereocenters. The number of pyridine rings is 1. The molecule has 0 amide bonds. The van der Waals surface area contributed by atoms with Gasteiger partial charge in [-0.25, -0.2) is 9.97 Å². The van der Waals surface area contributed by atoms with Gasteiger partial charge in [0.15, 0.2) is 0 Å². The van der Waals surface area contributed by atoms with Crippen molar-refractivity contribution < 1.29 is 4.74 Å². The summed E-state index contributed by atoms with van der Waals surface area (Å²) in [5.41, 5.74) is 3.00. The number of ether oxygens (including phenoxy) is 1. The summed E-state index contributed by atoms with van der Waals surface area (Å²) < 4.78 is 5.36. The fourth-order valence-electron chi connectivity index (χ4n) is 2.33. The van der Waals surface area contributed by atoms with Gasteiger partial charge in [0.05, 0.1) is 5.69 Å². The second-order valence-corrected chi connectivity index (χ2v) is 5.00. The first-order valence-corrected chi connectivity index (χ1v) is 6.91. The summed E-state index contributed by atoms with van der Waals surface area (Å²) in [6.45, 7) is 3.62. The lowest BCUT2D eigenvalue weighted by atomic mass is 10.1. The molecule has 1 saturated heterocycles. The van der Waals surface area contributed by atoms with Crippen molar-refractivity contribution in [2.75, 3.05) is 18.5 Å². The average Bonchev–Trinajstić information content (AvgIpc) is 2.51. The van der Waals surface area contributed by atoms with Crippen LogP contribution in [0.2, 0.25) is 0 Å². The van der Waals surface area contributed by atoms with Crippen LogP contribution in [0.3, 0.4) is 0 Å². The molecular weight excluding hydrogens is 252 g/mol. The number of aryl methyl sites for hydroxylation is 1. The van der Waals surface area contributed by atoms with Gasteiger partial charge in [0.25, 0.3) is 0 Å². The van der Waals surface area contributed by atoms with Gasteiger partial charge >= 0.3 is 0 Å². The number of hydrogen-bond donors (Lipinski definition) is 1. The van der Waals surface area contributed by atoms with E-state index >= 15 is 0 Å². The number of rotatable bonds is 3. The van der Waals surface area contributed by atoms with Crippen molar-refractivity contribution in [3.8, 4) is 11.3 Å². The number of nitrogens with one attached hydrogen (secondary N) is 1. The molecule has 3 heterocycles. The first-order valence-electron chi connectivity index (χ1n) is 6.91. The molecule has 1 N–H and O–H groups in total. The number of aromatic nitrogens is 3. The Labute approximate surface area is 118 Å². The third-order valence-corrected chi connectivity index (χ3v) is 3.46. The summed E-state index contributed by atoms with van der Waals surface area (Å²) in [7, 11) is 0. The van der Waals surface area contributed by atoms with E-state index in [1.54, 1.807) is 6.20 Å². The smallest absolute Gasteiger partial charge is 0.223 e. The number of anilines is 1. The highest BCUT2D eigenvalue weighted by atomic mass is 16.5. The first-order chi connectivity index (χ1) is 9.83. The normalized spacial score (nSPS) is 16.1. The maximum Gasteiger partial charge on any atom is 0.223 e. The molecule has 0 saturated carbocycles. The second-order valence-electron chi connectivity index (χ2n) is 5.00. The minimum Gasteiger partial charge on any atom is -0.381 e. The molecular formula is C15H18N4O. The zero-order valence-electron chi connectivity index (χ0n) is 11.5. The van der Waals surface area contributed by atoms with Crippen molar-refractivity contribution in [1.82, 2.24) is 15.0 Å². The molecule has 0 aromatic carbocycles. The highest BCUT2D eigenvalue weighted by Crippen LogP contribution is 2.21. The lowest BCUT2D eigenvalue weighted by Crippen LogP contribution is -2.28. The Balaban J connectivity index is 1.83. The molecule has 1 fully saturated rings. The first kappa shape index (κ1) is 13.0. The Kier molecular flexibility index (Phi) is 3.87. The minimum atomic E-state index is 0.396. The Hall–Kier alpha value is -2.01. The molecule has 104 valence electrons. The van der Waals surface area contributed by atoms with Crippen molar-refractivity contribution in [1.29, 1.82) is 0 Å². The molecule has 5 nitrogen and oxygen atoms in total. The topological polar surface area (TPSA) is 59.9 Å². The lowest BCUT2D eigenvalue weighted by molar-refractivity contribution is 0.0903. The van der Waals surface area contributed by atoms with Gasteiger partial charge in [-0.05, 0) is 37.5 Å². The number of hydrogen-bond acceptors (Lipinski definition) is 5. The van der Waals surface area contributed by atoms with Gasteiger partial charge in [-0.3, -0.25) is 4.98 Å².